The molecule has 1 aromatic carbocycles. The van der Waals surface area contributed by atoms with Gasteiger partial charge in [0.2, 0.25) is 16.0 Å². The number of benzene rings is 1. The van der Waals surface area contributed by atoms with Crippen molar-refractivity contribution in [1.82, 2.24) is 19.9 Å². The van der Waals surface area contributed by atoms with Crippen molar-refractivity contribution < 1.29 is 14.3 Å². The van der Waals surface area contributed by atoms with Gasteiger partial charge in [-0.25, -0.2) is 9.50 Å². The monoisotopic (exact) mass is 415 g/mol. The molecule has 1 aliphatic rings. The van der Waals surface area contributed by atoms with E-state index in [1.165, 1.54) is 0 Å². The zero-order valence-electron chi connectivity index (χ0n) is 16.6. The molecule has 1 N–H and O–H groups in total. The molecule has 0 spiro atoms. The van der Waals surface area contributed by atoms with Crippen LogP contribution in [0.1, 0.15) is 12.8 Å². The average Bonchev–Trinajstić information content (AvgIpc) is 3.33. The molecule has 1 aliphatic heterocycles. The van der Waals surface area contributed by atoms with E-state index in [1.807, 2.05) is 35.0 Å². The fourth-order valence-corrected chi connectivity index (χ4v) is 4.42. The third-order valence-electron chi connectivity index (χ3n) is 5.09. The molecule has 3 heterocycles. The Morgan fingerprint density at radius 3 is 2.86 bits per heavy atom. The number of amides is 1. The largest absolute Gasteiger partial charge is 0.497 e. The lowest BCUT2D eigenvalue weighted by Gasteiger charge is -2.31. The van der Waals surface area contributed by atoms with Gasteiger partial charge >= 0.3 is 0 Å². The minimum absolute atomic E-state index is 0.0216. The maximum absolute atomic E-state index is 12.4. The number of aromatic nitrogens is 3. The van der Waals surface area contributed by atoms with Gasteiger partial charge in [-0.1, -0.05) is 11.3 Å². The van der Waals surface area contributed by atoms with Crippen LogP contribution in [0.25, 0.3) is 16.2 Å². The molecule has 0 aliphatic carbocycles. The Morgan fingerprint density at radius 2 is 2.14 bits per heavy atom. The van der Waals surface area contributed by atoms with Crippen LogP contribution in [0.2, 0.25) is 0 Å². The van der Waals surface area contributed by atoms with Crippen LogP contribution in [0, 0.1) is 5.92 Å². The summed E-state index contributed by atoms with van der Waals surface area (Å²) in [6.07, 6.45) is 3.82. The molecule has 0 saturated carbocycles. The highest BCUT2D eigenvalue weighted by Gasteiger charge is 2.27. The molecule has 8 nitrogen and oxygen atoms in total. The molecule has 1 atom stereocenters. The Morgan fingerprint density at radius 1 is 1.31 bits per heavy atom. The molecular weight excluding hydrogens is 390 g/mol. The first-order valence-electron chi connectivity index (χ1n) is 9.70. The molecule has 1 saturated heterocycles. The van der Waals surface area contributed by atoms with Crippen LogP contribution in [0.3, 0.4) is 0 Å². The smallest absolute Gasteiger partial charge is 0.224 e. The van der Waals surface area contributed by atoms with E-state index in [0.29, 0.717) is 19.7 Å². The fourth-order valence-electron chi connectivity index (χ4n) is 3.50. The lowest BCUT2D eigenvalue weighted by Crippen LogP contribution is -2.43. The van der Waals surface area contributed by atoms with Gasteiger partial charge in [0.1, 0.15) is 5.75 Å². The highest BCUT2D eigenvalue weighted by atomic mass is 32.1. The highest BCUT2D eigenvalue weighted by molar-refractivity contribution is 7.20. The van der Waals surface area contributed by atoms with E-state index in [4.69, 9.17) is 19.6 Å². The predicted octanol–water partition coefficient (Wildman–Crippen LogP) is 2.45. The first-order chi connectivity index (χ1) is 14.2. The van der Waals surface area contributed by atoms with Crippen LogP contribution in [-0.2, 0) is 9.53 Å². The summed E-state index contributed by atoms with van der Waals surface area (Å²) in [6.45, 7) is 2.66. The minimum Gasteiger partial charge on any atom is -0.497 e. The van der Waals surface area contributed by atoms with Gasteiger partial charge in [-0.2, -0.15) is 0 Å². The molecule has 9 heteroatoms. The molecule has 154 valence electrons. The number of anilines is 1. The van der Waals surface area contributed by atoms with Crippen molar-refractivity contribution in [1.29, 1.82) is 0 Å². The zero-order valence-corrected chi connectivity index (χ0v) is 17.4. The van der Waals surface area contributed by atoms with Gasteiger partial charge in [-0.15, -0.1) is 5.10 Å². The molecule has 4 rings (SSSR count). The molecule has 1 unspecified atom stereocenters. The number of nitrogens with zero attached hydrogens (tertiary/aromatic N) is 4. The second kappa shape index (κ2) is 8.79. The molecular formula is C20H25N5O3S. The fraction of sp³-hybridized carbons (Fsp3) is 0.450. The number of imidazole rings is 1. The number of rotatable bonds is 7. The highest BCUT2D eigenvalue weighted by Crippen LogP contribution is 2.30. The number of ether oxygens (including phenoxy) is 2. The normalized spacial score (nSPS) is 16.9. The lowest BCUT2D eigenvalue weighted by atomic mass is 9.97. The first kappa shape index (κ1) is 19.7. The Labute approximate surface area is 173 Å². The molecule has 29 heavy (non-hydrogen) atoms. The third-order valence-corrected chi connectivity index (χ3v) is 6.07. The maximum Gasteiger partial charge on any atom is 0.224 e. The van der Waals surface area contributed by atoms with Crippen molar-refractivity contribution in [2.24, 2.45) is 5.92 Å². The van der Waals surface area contributed by atoms with Gasteiger partial charge in [0.25, 0.3) is 0 Å². The summed E-state index contributed by atoms with van der Waals surface area (Å²) in [4.78, 5) is 20.1. The summed E-state index contributed by atoms with van der Waals surface area (Å²) in [5.41, 5.74) is 1.91. The molecule has 0 bridgehead atoms. The average molecular weight is 416 g/mol. The summed E-state index contributed by atoms with van der Waals surface area (Å²) >= 11 is 1.55. The van der Waals surface area contributed by atoms with E-state index < -0.39 is 0 Å². The predicted molar refractivity (Wildman–Crippen MR) is 113 cm³/mol. The molecule has 1 fully saturated rings. The standard InChI is InChI=1S/C20H25N5O3S/c1-27-11-9-21-18(26)15-4-3-10-24(12-15)20-23-25-13-17(22-19(25)29-20)14-5-7-16(28-2)8-6-14/h5-8,13,15H,3-4,9-12H2,1-2H3,(H,21,26). The second-order valence-corrected chi connectivity index (χ2v) is 7.97. The summed E-state index contributed by atoms with van der Waals surface area (Å²) < 4.78 is 12.0. The Hall–Kier alpha value is -2.65. The number of fused-ring (bicyclic) bond motifs is 1. The summed E-state index contributed by atoms with van der Waals surface area (Å²) in [5, 5.41) is 8.56. The van der Waals surface area contributed by atoms with Gasteiger partial charge < -0.3 is 19.7 Å². The zero-order chi connectivity index (χ0) is 20.2. The van der Waals surface area contributed by atoms with E-state index in [1.54, 1.807) is 25.6 Å². The van der Waals surface area contributed by atoms with Crippen LogP contribution < -0.4 is 15.0 Å². The number of hydrogen-bond acceptors (Lipinski definition) is 7. The number of carbonyl (C=O) groups is 1. The van der Waals surface area contributed by atoms with Crippen LogP contribution in [0.4, 0.5) is 5.13 Å². The molecule has 2 aromatic heterocycles. The van der Waals surface area contributed by atoms with Crippen LogP contribution in [-0.4, -0.2) is 61.0 Å². The number of methoxy groups -OCH3 is 2. The van der Waals surface area contributed by atoms with Gasteiger partial charge in [-0.3, -0.25) is 4.79 Å². The van der Waals surface area contributed by atoms with Gasteiger partial charge in [0.05, 0.1) is 31.5 Å². The SMILES string of the molecule is COCCNC(=O)C1CCCN(c2nn3cc(-c4ccc(OC)cc4)nc3s2)C1. The number of carbonyl (C=O) groups excluding carboxylic acids is 1. The minimum atomic E-state index is -0.0216. The number of nitrogens with one attached hydrogen (secondary N) is 1. The third kappa shape index (κ3) is 4.35. The Balaban J connectivity index is 1.45. The molecule has 3 aromatic rings. The topological polar surface area (TPSA) is 81.0 Å². The molecule has 0 radical (unpaired) electrons. The van der Waals surface area contributed by atoms with Gasteiger partial charge in [-0.05, 0) is 37.1 Å². The first-order valence-corrected chi connectivity index (χ1v) is 10.5. The Kier molecular flexibility index (Phi) is 5.96. The van der Waals surface area contributed by atoms with Crippen molar-refractivity contribution >= 4 is 27.3 Å². The Bertz CT molecular complexity index is 937. The van der Waals surface area contributed by atoms with E-state index in [2.05, 4.69) is 10.2 Å². The summed E-state index contributed by atoms with van der Waals surface area (Å²) in [7, 11) is 3.29. The quantitative estimate of drug-likeness (QED) is 0.597. The van der Waals surface area contributed by atoms with E-state index >= 15 is 0 Å². The van der Waals surface area contributed by atoms with Gasteiger partial charge in [0, 0.05) is 32.3 Å². The number of piperidine rings is 1. The van der Waals surface area contributed by atoms with Crippen molar-refractivity contribution in [2.75, 3.05) is 45.4 Å². The van der Waals surface area contributed by atoms with Crippen molar-refractivity contribution in [3.63, 3.8) is 0 Å². The van der Waals surface area contributed by atoms with E-state index in [9.17, 15) is 4.79 Å². The summed E-state index contributed by atoms with van der Waals surface area (Å²) in [6, 6.07) is 7.83. The van der Waals surface area contributed by atoms with Crippen molar-refractivity contribution in [3.05, 3.63) is 30.5 Å². The number of hydrogen-bond donors (Lipinski definition) is 1. The van der Waals surface area contributed by atoms with Crippen LogP contribution >= 0.6 is 11.3 Å². The molecule has 1 amide bonds. The van der Waals surface area contributed by atoms with E-state index in [-0.39, 0.29) is 11.8 Å². The van der Waals surface area contributed by atoms with E-state index in [0.717, 1.165) is 46.5 Å². The van der Waals surface area contributed by atoms with Crippen molar-refractivity contribution in [2.45, 2.75) is 12.8 Å². The summed E-state index contributed by atoms with van der Waals surface area (Å²) in [5.74, 6) is 0.891. The lowest BCUT2D eigenvalue weighted by molar-refractivity contribution is -0.125. The van der Waals surface area contributed by atoms with Crippen LogP contribution in [0.5, 0.6) is 5.75 Å². The van der Waals surface area contributed by atoms with Gasteiger partial charge in [0.15, 0.2) is 0 Å². The maximum atomic E-state index is 12.4. The second-order valence-electron chi connectivity index (χ2n) is 7.04. The van der Waals surface area contributed by atoms with Crippen molar-refractivity contribution in [3.8, 4) is 17.0 Å². The van der Waals surface area contributed by atoms with Crippen LogP contribution in [0.15, 0.2) is 30.5 Å².